The maximum atomic E-state index is 6.29. The van der Waals surface area contributed by atoms with Crippen LogP contribution in [0.15, 0.2) is 318 Å². The van der Waals surface area contributed by atoms with E-state index in [4.69, 9.17) is 28.8 Å². The molecule has 92 heavy (non-hydrogen) atoms. The smallest absolute Gasteiger partial charge is 0.227 e. The van der Waals surface area contributed by atoms with Gasteiger partial charge >= 0.3 is 0 Å². The van der Waals surface area contributed by atoms with Crippen LogP contribution in [0.25, 0.3) is 118 Å². The van der Waals surface area contributed by atoms with Crippen molar-refractivity contribution >= 4 is 17.2 Å². The number of rotatable bonds is 11. The minimum atomic E-state index is -0.713. The molecule has 18 rings (SSSR count). The molecule has 6 heteroatoms. The van der Waals surface area contributed by atoms with Gasteiger partial charge in [0.05, 0.1) is 27.9 Å². The third-order valence-electron chi connectivity index (χ3n) is 19.3. The molecule has 0 spiro atoms. The summed E-state index contributed by atoms with van der Waals surface area (Å²) in [4.78, 5) is 20.3. The van der Waals surface area contributed by atoms with Crippen LogP contribution in [0.5, 0.6) is 0 Å². The van der Waals surface area contributed by atoms with Crippen LogP contribution in [0.1, 0.15) is 62.4 Å². The van der Waals surface area contributed by atoms with E-state index in [1.807, 2.05) is 48.7 Å². The Labute approximate surface area is 533 Å². The second kappa shape index (κ2) is 21.4. The summed E-state index contributed by atoms with van der Waals surface area (Å²) in [5, 5.41) is 0. The van der Waals surface area contributed by atoms with Crippen molar-refractivity contribution in [2.45, 2.75) is 23.7 Å². The molecule has 0 aliphatic heterocycles. The molecule has 3 aliphatic rings. The Bertz CT molecular complexity index is 5250. The number of benzene rings is 11. The Morgan fingerprint density at radius 1 is 0.315 bits per heavy atom. The topological polar surface area (TPSA) is 77.8 Å². The van der Waals surface area contributed by atoms with Crippen LogP contribution in [-0.4, -0.2) is 19.9 Å². The van der Waals surface area contributed by atoms with Crippen molar-refractivity contribution in [2.24, 2.45) is 0 Å². The normalized spacial score (nSPS) is 13.7. The van der Waals surface area contributed by atoms with E-state index in [9.17, 15) is 0 Å². The predicted molar refractivity (Wildman–Crippen MR) is 370 cm³/mol. The van der Waals surface area contributed by atoms with Gasteiger partial charge in [-0.1, -0.05) is 218 Å². The molecule has 6 nitrogen and oxygen atoms in total. The number of nitrogens with zero attached hydrogens (tertiary/aromatic N) is 4. The largest absolute Gasteiger partial charge is 0.441 e. The number of allylic oxidation sites excluding steroid dienone is 1. The Morgan fingerprint density at radius 2 is 0.750 bits per heavy atom. The average molecular weight is 1180 g/mol. The van der Waals surface area contributed by atoms with Crippen molar-refractivity contribution in [1.82, 2.24) is 19.9 Å². The molecule has 0 saturated carbocycles. The summed E-state index contributed by atoms with van der Waals surface area (Å²) in [5.74, 6) is 2.22. The lowest BCUT2D eigenvalue weighted by Gasteiger charge is -2.34. The zero-order valence-corrected chi connectivity index (χ0v) is 50.0. The Balaban J connectivity index is 0.804. The lowest BCUT2D eigenvalue weighted by atomic mass is 9.67. The Morgan fingerprint density at radius 3 is 1.26 bits per heavy atom. The molecule has 4 aromatic heterocycles. The van der Waals surface area contributed by atoms with E-state index < -0.39 is 10.8 Å². The van der Waals surface area contributed by atoms with Gasteiger partial charge in [0.25, 0.3) is 0 Å². The summed E-state index contributed by atoms with van der Waals surface area (Å²) in [6.45, 7) is 0. The van der Waals surface area contributed by atoms with Crippen molar-refractivity contribution in [3.05, 3.63) is 365 Å². The molecule has 15 aromatic rings. The summed E-state index contributed by atoms with van der Waals surface area (Å²) in [6, 6.07) is 108. The van der Waals surface area contributed by atoms with Gasteiger partial charge in [0.15, 0.2) is 5.58 Å². The first-order chi connectivity index (χ1) is 45.6. The number of pyridine rings is 2. The molecule has 432 valence electrons. The molecule has 3 aliphatic carbocycles. The van der Waals surface area contributed by atoms with E-state index in [0.29, 0.717) is 11.8 Å². The Hall–Kier alpha value is -11.9. The van der Waals surface area contributed by atoms with E-state index >= 15 is 0 Å². The zero-order chi connectivity index (χ0) is 60.7. The zero-order valence-electron chi connectivity index (χ0n) is 50.0. The minimum absolute atomic E-state index is 0.607. The second-order valence-electron chi connectivity index (χ2n) is 24.2. The van der Waals surface area contributed by atoms with Gasteiger partial charge in [-0.25, -0.2) is 15.0 Å². The number of oxazole rings is 2. The van der Waals surface area contributed by atoms with Crippen LogP contribution < -0.4 is 0 Å². The second-order valence-corrected chi connectivity index (χ2v) is 24.2. The van der Waals surface area contributed by atoms with Crippen molar-refractivity contribution in [2.75, 3.05) is 0 Å². The maximum absolute atomic E-state index is 6.29. The first kappa shape index (κ1) is 53.2. The highest BCUT2D eigenvalue weighted by Crippen LogP contribution is 2.60. The molecule has 0 amide bonds. The van der Waals surface area contributed by atoms with Gasteiger partial charge in [-0.2, -0.15) is 0 Å². The van der Waals surface area contributed by atoms with E-state index in [1.54, 1.807) is 0 Å². The highest BCUT2D eigenvalue weighted by Gasteiger charge is 2.48. The molecule has 0 saturated heterocycles. The fourth-order valence-electron chi connectivity index (χ4n) is 15.0. The fraction of sp³-hybridized carbons (Fsp3) is 0.0465. The van der Waals surface area contributed by atoms with Gasteiger partial charge in [-0.15, -0.1) is 0 Å². The van der Waals surface area contributed by atoms with Crippen molar-refractivity contribution in [3.8, 4) is 101 Å². The molecule has 4 heterocycles. The van der Waals surface area contributed by atoms with Crippen LogP contribution in [0.2, 0.25) is 0 Å². The highest BCUT2D eigenvalue weighted by atomic mass is 16.4. The van der Waals surface area contributed by atoms with E-state index in [1.165, 1.54) is 66.8 Å². The van der Waals surface area contributed by atoms with Crippen LogP contribution >= 0.6 is 0 Å². The van der Waals surface area contributed by atoms with E-state index in [0.717, 1.165) is 103 Å². The molecule has 0 N–H and O–H groups in total. The number of para-hydroxylation sites is 2. The number of hydrogen-bond acceptors (Lipinski definition) is 6. The first-order valence-electron chi connectivity index (χ1n) is 31.5. The summed E-state index contributed by atoms with van der Waals surface area (Å²) < 4.78 is 12.5. The number of fused-ring (bicyclic) bond motifs is 8. The molecule has 0 atom stereocenters. The van der Waals surface area contributed by atoms with Crippen molar-refractivity contribution < 1.29 is 8.83 Å². The summed E-state index contributed by atoms with van der Waals surface area (Å²) in [5.41, 5.74) is 27.5. The standard InChI is InChI=1S/C86H56N4O2/c1-5-19-63(20-6-1)85(64-21-7-2-8-22-64)72-51-59(55-32-36-57(37-33-55)83-89-78-28-13-15-30-80(78)91-83)40-44-68(72)70-46-42-61(53-74(70)85)67-48-49-77(76-27-17-18-50-87-76)88-82(67)62-43-47-71-69-45-41-60(56-34-38-58(39-35-56)84-90-79-29-14-16-31-81(79)92-84)52-73(69)86(75(71)54-62,65-23-9-3-10-24-65)66-25-11-4-12-26-66/h1-14,16-29,31-54H,15,30H2. The predicted octanol–water partition coefficient (Wildman–Crippen LogP) is 21.0. The van der Waals surface area contributed by atoms with Crippen LogP contribution in [0.4, 0.5) is 0 Å². The molecular weight excluding hydrogens is 1120 g/mol. The first-order valence-corrected chi connectivity index (χ1v) is 31.5. The van der Waals surface area contributed by atoms with Gasteiger partial charge in [0.2, 0.25) is 11.8 Å². The fourth-order valence-corrected chi connectivity index (χ4v) is 15.0. The third-order valence-corrected chi connectivity index (χ3v) is 19.3. The molecule has 0 fully saturated rings. The molecule has 0 radical (unpaired) electrons. The van der Waals surface area contributed by atoms with Crippen molar-refractivity contribution in [3.63, 3.8) is 0 Å². The van der Waals surface area contributed by atoms with Gasteiger partial charge in [0, 0.05) is 34.9 Å². The summed E-state index contributed by atoms with van der Waals surface area (Å²) in [7, 11) is 0. The number of hydrogen-bond donors (Lipinski definition) is 0. The van der Waals surface area contributed by atoms with Crippen LogP contribution in [-0.2, 0) is 17.3 Å². The molecule has 0 unspecified atom stereocenters. The van der Waals surface area contributed by atoms with Crippen molar-refractivity contribution in [1.29, 1.82) is 0 Å². The van der Waals surface area contributed by atoms with Crippen LogP contribution in [0.3, 0.4) is 0 Å². The highest BCUT2D eigenvalue weighted by molar-refractivity contribution is 5.95. The summed E-state index contributed by atoms with van der Waals surface area (Å²) >= 11 is 0. The Kier molecular flexibility index (Phi) is 12.4. The van der Waals surface area contributed by atoms with Gasteiger partial charge in [0.1, 0.15) is 17.0 Å². The minimum Gasteiger partial charge on any atom is -0.441 e. The van der Waals surface area contributed by atoms with Gasteiger partial charge in [-0.3, -0.25) is 4.98 Å². The van der Waals surface area contributed by atoms with Gasteiger partial charge in [-0.05, 0) is 192 Å². The average Bonchev–Trinajstić information content (AvgIpc) is 1.52. The van der Waals surface area contributed by atoms with E-state index in [-0.39, 0.29) is 0 Å². The monoisotopic (exact) mass is 1180 g/mol. The molecule has 11 aromatic carbocycles. The maximum Gasteiger partial charge on any atom is 0.227 e. The lowest BCUT2D eigenvalue weighted by molar-refractivity contribution is 0.516. The molecular formula is C86H56N4O2. The number of aryl methyl sites for hydroxylation is 1. The quantitative estimate of drug-likeness (QED) is 0.128. The SMILES string of the molecule is C1=Cc2nc(-c3ccc(-c4ccc5c(c4)C(c4ccccc4)(c4ccccc4)c4cc(-c6ccc(-c7ccccn7)nc6-c6ccc7c(c6)C(c6ccccc6)(c6ccccc6)c6cc(-c8ccc(-c9nc%10ccccc%10o9)cc8)ccc6-7)ccc4-5)cc3)oc2CC1. The summed E-state index contributed by atoms with van der Waals surface area (Å²) in [6.07, 6.45) is 7.93. The number of aromatic nitrogens is 4. The third kappa shape index (κ3) is 8.41. The van der Waals surface area contributed by atoms with Crippen LogP contribution in [0, 0.1) is 0 Å². The lowest BCUT2D eigenvalue weighted by Crippen LogP contribution is -2.28. The molecule has 0 bridgehead atoms. The van der Waals surface area contributed by atoms with E-state index in [2.05, 4.69) is 267 Å². The van der Waals surface area contributed by atoms with Gasteiger partial charge < -0.3 is 8.83 Å².